The van der Waals surface area contributed by atoms with Crippen LogP contribution in [-0.4, -0.2) is 65.8 Å². The van der Waals surface area contributed by atoms with E-state index in [1.165, 1.54) is 47.6 Å². The number of anilines is 1. The molecule has 1 saturated heterocycles. The van der Waals surface area contributed by atoms with Gasteiger partial charge in [-0.2, -0.15) is 14.1 Å². The van der Waals surface area contributed by atoms with Crippen LogP contribution < -0.4 is 10.1 Å². The molecule has 11 nitrogen and oxygen atoms in total. The molecule has 208 valence electrons. The van der Waals surface area contributed by atoms with Gasteiger partial charge in [-0.05, 0) is 49.7 Å². The van der Waals surface area contributed by atoms with Crippen molar-refractivity contribution in [1.82, 2.24) is 14.1 Å². The molecule has 1 fully saturated rings. The van der Waals surface area contributed by atoms with E-state index in [1.54, 1.807) is 6.92 Å². The van der Waals surface area contributed by atoms with Crippen LogP contribution in [0, 0.1) is 18.7 Å². The summed E-state index contributed by atoms with van der Waals surface area (Å²) in [6, 6.07) is 9.47. The van der Waals surface area contributed by atoms with E-state index in [0.29, 0.717) is 6.42 Å². The Morgan fingerprint density at radius 3 is 2.56 bits per heavy atom. The predicted octanol–water partition coefficient (Wildman–Crippen LogP) is 3.82. The molecule has 13 heteroatoms. The molecule has 39 heavy (non-hydrogen) atoms. The molecular weight excluding hydrogens is 531 g/mol. The maximum atomic E-state index is 14.0. The normalized spacial score (nSPS) is 15.1. The quantitative estimate of drug-likeness (QED) is 0.403. The number of morpholine rings is 1. The Bertz CT molecular complexity index is 1500. The van der Waals surface area contributed by atoms with Gasteiger partial charge < -0.3 is 19.9 Å². The first-order valence-electron chi connectivity index (χ1n) is 12.3. The number of aromatic carboxylic acids is 1. The number of ether oxygens (including phenoxy) is 2. The number of carboxylic acids is 1. The van der Waals surface area contributed by atoms with E-state index in [2.05, 4.69) is 10.4 Å². The molecule has 1 atom stereocenters. The Balaban J connectivity index is 1.84. The van der Waals surface area contributed by atoms with E-state index >= 15 is 0 Å². The molecule has 0 unspecified atom stereocenters. The number of rotatable bonds is 9. The topological polar surface area (TPSA) is 140 Å². The largest absolute Gasteiger partial charge is 0.476 e. The van der Waals surface area contributed by atoms with Crippen molar-refractivity contribution in [2.45, 2.75) is 32.1 Å². The van der Waals surface area contributed by atoms with Crippen molar-refractivity contribution < 1.29 is 37.0 Å². The Morgan fingerprint density at radius 1 is 1.21 bits per heavy atom. The van der Waals surface area contributed by atoms with Gasteiger partial charge in [-0.25, -0.2) is 17.6 Å². The van der Waals surface area contributed by atoms with Crippen LogP contribution >= 0.6 is 0 Å². The molecule has 2 N–H and O–H groups in total. The number of carbonyl (C=O) groups is 2. The molecule has 1 aliphatic heterocycles. The van der Waals surface area contributed by atoms with E-state index < -0.39 is 21.8 Å². The molecule has 3 aromatic rings. The second-order valence-corrected chi connectivity index (χ2v) is 11.0. The highest BCUT2D eigenvalue weighted by Crippen LogP contribution is 2.37. The van der Waals surface area contributed by atoms with Gasteiger partial charge in [0.05, 0.1) is 18.9 Å². The van der Waals surface area contributed by atoms with Gasteiger partial charge in [0.2, 0.25) is 21.8 Å². The summed E-state index contributed by atoms with van der Waals surface area (Å²) in [5, 5.41) is 16.5. The van der Waals surface area contributed by atoms with Crippen LogP contribution in [0.15, 0.2) is 47.4 Å². The van der Waals surface area contributed by atoms with Crippen LogP contribution in [0.25, 0.3) is 5.69 Å². The number of carbonyl (C=O) groups excluding carboxylic acids is 1. The monoisotopic (exact) mass is 560 g/mol. The van der Waals surface area contributed by atoms with Crippen molar-refractivity contribution in [2.24, 2.45) is 5.92 Å². The molecular formula is C26H29FN4O7S. The number of nitrogens with one attached hydrogen (secondary N) is 1. The van der Waals surface area contributed by atoms with Gasteiger partial charge in [-0.1, -0.05) is 19.9 Å². The first kappa shape index (κ1) is 28.2. The van der Waals surface area contributed by atoms with Gasteiger partial charge >= 0.3 is 5.97 Å². The van der Waals surface area contributed by atoms with Crippen LogP contribution in [0.1, 0.15) is 36.3 Å². The fraction of sp³-hybridized carbons (Fsp3) is 0.346. The highest BCUT2D eigenvalue weighted by molar-refractivity contribution is 7.89. The molecule has 0 radical (unpaired) electrons. The maximum absolute atomic E-state index is 14.0. The lowest BCUT2D eigenvalue weighted by Crippen LogP contribution is -2.40. The summed E-state index contributed by atoms with van der Waals surface area (Å²) in [4.78, 5) is 24.1. The number of sulfonamides is 1. The Labute approximate surface area is 225 Å². The Morgan fingerprint density at radius 2 is 1.92 bits per heavy atom. The van der Waals surface area contributed by atoms with Crippen LogP contribution in [0.3, 0.4) is 0 Å². The van der Waals surface area contributed by atoms with E-state index in [1.807, 2.05) is 6.92 Å². The number of amides is 1. The zero-order valence-electron chi connectivity index (χ0n) is 21.7. The van der Waals surface area contributed by atoms with Gasteiger partial charge in [0, 0.05) is 30.3 Å². The highest BCUT2D eigenvalue weighted by atomic mass is 32.2. The predicted molar refractivity (Wildman–Crippen MR) is 139 cm³/mol. The minimum absolute atomic E-state index is 0.104. The average molecular weight is 561 g/mol. The number of hydrogen-bond acceptors (Lipinski definition) is 7. The molecule has 1 aromatic heterocycles. The van der Waals surface area contributed by atoms with E-state index in [0.717, 1.165) is 10.7 Å². The summed E-state index contributed by atoms with van der Waals surface area (Å²) in [7, 11) is -4.13. The first-order valence-corrected chi connectivity index (χ1v) is 13.8. The third-order valence-corrected chi connectivity index (χ3v) is 8.31. The third kappa shape index (κ3) is 5.95. The fourth-order valence-electron chi connectivity index (χ4n) is 3.94. The van der Waals surface area contributed by atoms with Crippen molar-refractivity contribution in [2.75, 3.05) is 31.6 Å². The molecule has 0 bridgehead atoms. The van der Waals surface area contributed by atoms with Crippen LogP contribution in [0.5, 0.6) is 11.6 Å². The molecule has 2 aromatic carbocycles. The summed E-state index contributed by atoms with van der Waals surface area (Å²) in [6.45, 7) is 5.75. The number of benzene rings is 2. The standard InChI is InChI=1S/C26H29FN4O7S/c1-4-16(2)24(32)28-19-8-9-21(22(15-19)39(35,36)30-10-12-37-13-11-30)38-25-17(3)23(26(33)34)29-31(25)20-7-5-6-18(27)14-20/h5-9,14-16H,4,10-13H2,1-3H3,(H,28,32)(H,33,34)/t16-/m1/s1. The van der Waals surface area contributed by atoms with Gasteiger partial charge in [0.25, 0.3) is 0 Å². The average Bonchev–Trinajstić information content (AvgIpc) is 3.25. The lowest BCUT2D eigenvalue weighted by molar-refractivity contribution is -0.119. The minimum Gasteiger partial charge on any atom is -0.476 e. The molecule has 2 heterocycles. The fourth-order valence-corrected chi connectivity index (χ4v) is 5.49. The Hall–Kier alpha value is -3.81. The third-order valence-electron chi connectivity index (χ3n) is 6.39. The van der Waals surface area contributed by atoms with Crippen LogP contribution in [0.2, 0.25) is 0 Å². The van der Waals surface area contributed by atoms with Gasteiger partial charge in [-0.15, -0.1) is 0 Å². The van der Waals surface area contributed by atoms with Crippen molar-refractivity contribution in [1.29, 1.82) is 0 Å². The van der Waals surface area contributed by atoms with Crippen molar-refractivity contribution in [3.05, 3.63) is 59.5 Å². The van der Waals surface area contributed by atoms with E-state index in [-0.39, 0.29) is 77.3 Å². The smallest absolute Gasteiger partial charge is 0.356 e. The van der Waals surface area contributed by atoms with E-state index in [4.69, 9.17) is 9.47 Å². The summed E-state index contributed by atoms with van der Waals surface area (Å²) in [5.74, 6) is -2.71. The lowest BCUT2D eigenvalue weighted by Gasteiger charge is -2.27. The Kier molecular flexibility index (Phi) is 8.33. The number of hydrogen-bond donors (Lipinski definition) is 2. The second-order valence-electron chi connectivity index (χ2n) is 9.05. The summed E-state index contributed by atoms with van der Waals surface area (Å²) in [6.07, 6.45) is 0.598. The van der Waals surface area contributed by atoms with Crippen molar-refractivity contribution in [3.63, 3.8) is 0 Å². The summed E-state index contributed by atoms with van der Waals surface area (Å²) < 4.78 is 55.2. The SMILES string of the molecule is CC[C@@H](C)C(=O)Nc1ccc(Oc2c(C)c(C(=O)O)nn2-c2cccc(F)c2)c(S(=O)(=O)N2CCOCC2)c1. The van der Waals surface area contributed by atoms with E-state index in [9.17, 15) is 27.5 Å². The van der Waals surface area contributed by atoms with Crippen molar-refractivity contribution in [3.8, 4) is 17.3 Å². The van der Waals surface area contributed by atoms with Crippen LogP contribution in [0.4, 0.5) is 10.1 Å². The van der Waals surface area contributed by atoms with Gasteiger partial charge in [-0.3, -0.25) is 4.79 Å². The maximum Gasteiger partial charge on any atom is 0.356 e. The number of aromatic nitrogens is 2. The molecule has 0 aliphatic carbocycles. The second kappa shape index (κ2) is 11.5. The zero-order chi connectivity index (χ0) is 28.3. The van der Waals surface area contributed by atoms with Gasteiger partial charge in [0.15, 0.2) is 5.69 Å². The van der Waals surface area contributed by atoms with Crippen molar-refractivity contribution >= 4 is 27.6 Å². The first-order chi connectivity index (χ1) is 18.5. The molecule has 1 amide bonds. The molecule has 4 rings (SSSR count). The number of nitrogens with zero attached hydrogens (tertiary/aromatic N) is 3. The minimum atomic E-state index is -4.13. The van der Waals surface area contributed by atoms with Crippen LogP contribution in [-0.2, 0) is 19.6 Å². The molecule has 0 saturated carbocycles. The summed E-state index contributed by atoms with van der Waals surface area (Å²) in [5.41, 5.74) is 0.191. The zero-order valence-corrected chi connectivity index (χ0v) is 22.5. The molecule has 0 spiro atoms. The number of carboxylic acid groups (broad SMARTS) is 1. The highest BCUT2D eigenvalue weighted by Gasteiger charge is 2.32. The lowest BCUT2D eigenvalue weighted by atomic mass is 10.1. The molecule has 1 aliphatic rings. The van der Waals surface area contributed by atoms with Gasteiger partial charge in [0.1, 0.15) is 16.5 Å². The summed E-state index contributed by atoms with van der Waals surface area (Å²) >= 11 is 0. The number of halogens is 1.